The lowest BCUT2D eigenvalue weighted by molar-refractivity contribution is -0.147. The SMILES string of the molecule is CC(C)(C)OC(=O)C#CCC(O)C(O)C(N)CC1CCCCC1. The lowest BCUT2D eigenvalue weighted by Gasteiger charge is -2.28. The van der Waals surface area contributed by atoms with Crippen molar-refractivity contribution in [2.24, 2.45) is 11.7 Å². The van der Waals surface area contributed by atoms with Crippen molar-refractivity contribution < 1.29 is 19.7 Å². The summed E-state index contributed by atoms with van der Waals surface area (Å²) in [4.78, 5) is 11.4. The van der Waals surface area contributed by atoms with Gasteiger partial charge in [-0.3, -0.25) is 0 Å². The second kappa shape index (κ2) is 9.27. The van der Waals surface area contributed by atoms with Gasteiger partial charge >= 0.3 is 5.97 Å². The van der Waals surface area contributed by atoms with E-state index in [2.05, 4.69) is 11.8 Å². The summed E-state index contributed by atoms with van der Waals surface area (Å²) in [5.74, 6) is 4.78. The monoisotopic (exact) mass is 325 g/mol. The lowest BCUT2D eigenvalue weighted by atomic mass is 9.83. The van der Waals surface area contributed by atoms with E-state index in [-0.39, 0.29) is 6.42 Å². The molecule has 0 aliphatic heterocycles. The Morgan fingerprint density at radius 1 is 1.26 bits per heavy atom. The number of hydrogen-bond donors (Lipinski definition) is 3. The van der Waals surface area contributed by atoms with Crippen LogP contribution in [0.4, 0.5) is 0 Å². The predicted octanol–water partition coefficient (Wildman–Crippen LogP) is 1.74. The molecule has 1 fully saturated rings. The van der Waals surface area contributed by atoms with E-state index in [9.17, 15) is 15.0 Å². The molecular formula is C18H31NO4. The molecule has 0 aromatic carbocycles. The van der Waals surface area contributed by atoms with E-state index < -0.39 is 29.8 Å². The molecule has 5 heteroatoms. The summed E-state index contributed by atoms with van der Waals surface area (Å²) in [6.45, 7) is 5.28. The maximum Gasteiger partial charge on any atom is 0.384 e. The predicted molar refractivity (Wildman–Crippen MR) is 89.4 cm³/mol. The Kier molecular flexibility index (Phi) is 8.04. The van der Waals surface area contributed by atoms with Gasteiger partial charge in [0.2, 0.25) is 0 Å². The molecule has 0 bridgehead atoms. The summed E-state index contributed by atoms with van der Waals surface area (Å²) in [5, 5.41) is 20.1. The van der Waals surface area contributed by atoms with Crippen molar-refractivity contribution >= 4 is 5.97 Å². The van der Waals surface area contributed by atoms with E-state index >= 15 is 0 Å². The van der Waals surface area contributed by atoms with Crippen LogP contribution in [0.3, 0.4) is 0 Å². The van der Waals surface area contributed by atoms with Gasteiger partial charge in [-0.25, -0.2) is 4.79 Å². The molecule has 0 heterocycles. The zero-order valence-corrected chi connectivity index (χ0v) is 14.5. The van der Waals surface area contributed by atoms with E-state index in [0.717, 1.165) is 19.3 Å². The topological polar surface area (TPSA) is 92.8 Å². The van der Waals surface area contributed by atoms with Crippen LogP contribution in [0.5, 0.6) is 0 Å². The highest BCUT2D eigenvalue weighted by molar-refractivity contribution is 5.88. The molecule has 3 atom stereocenters. The number of esters is 1. The Labute approximate surface area is 139 Å². The molecule has 5 nitrogen and oxygen atoms in total. The van der Waals surface area contributed by atoms with Crippen LogP contribution in [0, 0.1) is 17.8 Å². The first-order valence-electron chi connectivity index (χ1n) is 8.52. The third-order valence-electron chi connectivity index (χ3n) is 4.06. The van der Waals surface area contributed by atoms with E-state index in [1.807, 2.05) is 0 Å². The smallest absolute Gasteiger partial charge is 0.384 e. The maximum atomic E-state index is 11.4. The molecule has 1 saturated carbocycles. The van der Waals surface area contributed by atoms with E-state index in [1.54, 1.807) is 20.8 Å². The third kappa shape index (κ3) is 8.36. The van der Waals surface area contributed by atoms with Crippen molar-refractivity contribution in [3.63, 3.8) is 0 Å². The van der Waals surface area contributed by atoms with Crippen LogP contribution in [0.1, 0.15) is 65.7 Å². The van der Waals surface area contributed by atoms with Crippen LogP contribution in [-0.4, -0.2) is 40.0 Å². The molecule has 1 aliphatic rings. The van der Waals surface area contributed by atoms with Gasteiger partial charge < -0.3 is 20.7 Å². The molecule has 132 valence electrons. The number of nitrogens with two attached hydrogens (primary N) is 1. The number of aliphatic hydroxyl groups excluding tert-OH is 2. The summed E-state index contributed by atoms with van der Waals surface area (Å²) in [5.41, 5.74) is 5.42. The minimum absolute atomic E-state index is 0.00121. The molecular weight excluding hydrogens is 294 g/mol. The van der Waals surface area contributed by atoms with Crippen molar-refractivity contribution in [3.05, 3.63) is 0 Å². The average molecular weight is 325 g/mol. The Morgan fingerprint density at radius 3 is 2.43 bits per heavy atom. The van der Waals surface area contributed by atoms with Gasteiger partial charge in [0, 0.05) is 18.4 Å². The van der Waals surface area contributed by atoms with E-state index in [4.69, 9.17) is 10.5 Å². The molecule has 3 unspecified atom stereocenters. The molecule has 0 radical (unpaired) electrons. The van der Waals surface area contributed by atoms with E-state index in [1.165, 1.54) is 19.3 Å². The highest BCUT2D eigenvalue weighted by Gasteiger charge is 2.26. The number of aliphatic hydroxyl groups is 2. The average Bonchev–Trinajstić information content (AvgIpc) is 2.45. The van der Waals surface area contributed by atoms with Gasteiger partial charge in [-0.15, -0.1) is 0 Å². The highest BCUT2D eigenvalue weighted by Crippen LogP contribution is 2.27. The Bertz CT molecular complexity index is 427. The van der Waals surface area contributed by atoms with Crippen LogP contribution in [-0.2, 0) is 9.53 Å². The van der Waals surface area contributed by atoms with Crippen molar-refractivity contribution in [1.29, 1.82) is 0 Å². The van der Waals surface area contributed by atoms with Crippen LogP contribution < -0.4 is 5.73 Å². The van der Waals surface area contributed by atoms with Gasteiger partial charge in [0.1, 0.15) is 5.60 Å². The molecule has 0 saturated heterocycles. The molecule has 0 aromatic heterocycles. The fourth-order valence-electron chi connectivity index (χ4n) is 2.88. The fourth-order valence-corrected chi connectivity index (χ4v) is 2.88. The first-order valence-corrected chi connectivity index (χ1v) is 8.52. The molecule has 1 rings (SSSR count). The summed E-state index contributed by atoms with van der Waals surface area (Å²) in [7, 11) is 0. The zero-order valence-electron chi connectivity index (χ0n) is 14.5. The van der Waals surface area contributed by atoms with Gasteiger partial charge in [0.15, 0.2) is 0 Å². The number of ether oxygens (including phenoxy) is 1. The van der Waals surface area contributed by atoms with Gasteiger partial charge in [-0.1, -0.05) is 38.0 Å². The summed E-state index contributed by atoms with van der Waals surface area (Å²) < 4.78 is 5.05. The van der Waals surface area contributed by atoms with Crippen LogP contribution in [0.2, 0.25) is 0 Å². The van der Waals surface area contributed by atoms with Crippen molar-refractivity contribution in [3.8, 4) is 11.8 Å². The molecule has 4 N–H and O–H groups in total. The fraction of sp³-hybridized carbons (Fsp3) is 0.833. The molecule has 0 amide bonds. The van der Waals surface area contributed by atoms with Gasteiger partial charge in [-0.2, -0.15) is 0 Å². The summed E-state index contributed by atoms with van der Waals surface area (Å²) in [6, 6.07) is -0.462. The largest absolute Gasteiger partial charge is 0.450 e. The van der Waals surface area contributed by atoms with Crippen molar-refractivity contribution in [2.75, 3.05) is 0 Å². The molecule has 0 spiro atoms. The summed E-state index contributed by atoms with van der Waals surface area (Å²) >= 11 is 0. The Balaban J connectivity index is 2.38. The van der Waals surface area contributed by atoms with Gasteiger partial charge in [-0.05, 0) is 33.1 Å². The maximum absolute atomic E-state index is 11.4. The van der Waals surface area contributed by atoms with Gasteiger partial charge in [0.25, 0.3) is 0 Å². The minimum Gasteiger partial charge on any atom is -0.450 e. The quantitative estimate of drug-likeness (QED) is 0.407. The number of carbonyl (C=O) groups is 1. The zero-order chi connectivity index (χ0) is 17.5. The molecule has 23 heavy (non-hydrogen) atoms. The number of carbonyl (C=O) groups excluding carboxylic acids is 1. The molecule has 1 aliphatic carbocycles. The van der Waals surface area contributed by atoms with Crippen LogP contribution >= 0.6 is 0 Å². The first-order chi connectivity index (χ1) is 10.7. The van der Waals surface area contributed by atoms with Crippen molar-refractivity contribution in [1.82, 2.24) is 0 Å². The van der Waals surface area contributed by atoms with Gasteiger partial charge in [0.05, 0.1) is 12.2 Å². The number of rotatable bonds is 5. The Hall–Kier alpha value is -1.09. The first kappa shape index (κ1) is 20.0. The second-order valence-corrected chi connectivity index (χ2v) is 7.47. The highest BCUT2D eigenvalue weighted by atomic mass is 16.6. The third-order valence-corrected chi connectivity index (χ3v) is 4.06. The standard InChI is InChI=1S/C18H31NO4/c1-18(2,3)23-16(21)11-7-10-15(20)17(22)14(19)12-13-8-5-4-6-9-13/h13-15,17,20,22H,4-6,8-10,12,19H2,1-3H3. The van der Waals surface area contributed by atoms with Crippen molar-refractivity contribution in [2.45, 2.75) is 89.6 Å². The summed E-state index contributed by atoms with van der Waals surface area (Å²) in [6.07, 6.45) is 4.65. The second-order valence-electron chi connectivity index (χ2n) is 7.47. The Morgan fingerprint density at radius 2 is 1.87 bits per heavy atom. The normalized spacial score (nSPS) is 20.1. The lowest BCUT2D eigenvalue weighted by Crippen LogP contribution is -2.44. The van der Waals surface area contributed by atoms with Crippen LogP contribution in [0.25, 0.3) is 0 Å². The minimum atomic E-state index is -1.05. The van der Waals surface area contributed by atoms with Crippen LogP contribution in [0.15, 0.2) is 0 Å². The molecule has 0 aromatic rings. The number of hydrogen-bond acceptors (Lipinski definition) is 5. The van der Waals surface area contributed by atoms with E-state index in [0.29, 0.717) is 5.92 Å².